The van der Waals surface area contributed by atoms with Crippen LogP contribution in [0.25, 0.3) is 0 Å². The molecule has 0 saturated heterocycles. The maximum absolute atomic E-state index is 6.04. The van der Waals surface area contributed by atoms with Gasteiger partial charge in [-0.3, -0.25) is 0 Å². The Morgan fingerprint density at radius 2 is 1.61 bits per heavy atom. The van der Waals surface area contributed by atoms with Crippen molar-refractivity contribution in [2.24, 2.45) is 0 Å². The van der Waals surface area contributed by atoms with Gasteiger partial charge >= 0.3 is 0 Å². The molecule has 108 valence electrons. The maximum atomic E-state index is 6.04. The Morgan fingerprint density at radius 1 is 1.00 bits per heavy atom. The quantitative estimate of drug-likeness (QED) is 0.463. The van der Waals surface area contributed by atoms with Crippen LogP contribution in [0, 0.1) is 0 Å². The van der Waals surface area contributed by atoms with Gasteiger partial charge in [0.1, 0.15) is 0 Å². The van der Waals surface area contributed by atoms with Gasteiger partial charge in [-0.1, -0.05) is 12.8 Å². The lowest BCUT2D eigenvalue weighted by Gasteiger charge is -2.27. The van der Waals surface area contributed by atoms with E-state index in [-0.39, 0.29) is 5.54 Å². The third-order valence-corrected chi connectivity index (χ3v) is 3.88. The van der Waals surface area contributed by atoms with E-state index in [0.29, 0.717) is 38.9 Å². The molecule has 1 fully saturated rings. The summed E-state index contributed by atoms with van der Waals surface area (Å²) in [7, 11) is 1.67. The van der Waals surface area contributed by atoms with Crippen LogP contribution >= 0.6 is 11.6 Å². The fraction of sp³-hybridized carbons (Fsp3) is 1.00. The number of hydrogen-bond donors (Lipinski definition) is 1. The second-order valence-corrected chi connectivity index (χ2v) is 5.03. The van der Waals surface area contributed by atoms with Gasteiger partial charge < -0.3 is 19.5 Å². The number of ether oxygens (including phenoxy) is 3. The van der Waals surface area contributed by atoms with Crippen molar-refractivity contribution in [3.63, 3.8) is 0 Å². The fourth-order valence-electron chi connectivity index (χ4n) is 2.26. The first-order valence-electron chi connectivity index (χ1n) is 6.78. The molecule has 0 radical (unpaired) electrons. The van der Waals surface area contributed by atoms with Crippen LogP contribution in [0.15, 0.2) is 0 Å². The topological polar surface area (TPSA) is 39.7 Å². The third kappa shape index (κ3) is 6.34. The molecule has 0 amide bonds. The molecule has 0 aliphatic heterocycles. The second-order valence-electron chi connectivity index (χ2n) is 4.77. The van der Waals surface area contributed by atoms with Crippen molar-refractivity contribution in [3.05, 3.63) is 0 Å². The highest BCUT2D eigenvalue weighted by atomic mass is 35.5. The summed E-state index contributed by atoms with van der Waals surface area (Å²) < 4.78 is 15.7. The summed E-state index contributed by atoms with van der Waals surface area (Å²) >= 11 is 6.04. The molecule has 0 aromatic carbocycles. The number of methoxy groups -OCH3 is 1. The number of halogens is 1. The Labute approximate surface area is 115 Å². The largest absolute Gasteiger partial charge is 0.382 e. The van der Waals surface area contributed by atoms with Crippen molar-refractivity contribution >= 4 is 11.6 Å². The van der Waals surface area contributed by atoms with Crippen LogP contribution in [-0.2, 0) is 14.2 Å². The SMILES string of the molecule is COCCOCCOCCNC1(CCl)CCCC1. The zero-order valence-electron chi connectivity index (χ0n) is 11.4. The first-order valence-corrected chi connectivity index (χ1v) is 7.32. The van der Waals surface area contributed by atoms with E-state index < -0.39 is 0 Å². The molecule has 0 aromatic heterocycles. The summed E-state index contributed by atoms with van der Waals surface area (Å²) in [6, 6.07) is 0. The van der Waals surface area contributed by atoms with Crippen molar-refractivity contribution in [3.8, 4) is 0 Å². The second kappa shape index (κ2) is 9.98. The van der Waals surface area contributed by atoms with E-state index in [1.165, 1.54) is 25.7 Å². The minimum atomic E-state index is 0.167. The van der Waals surface area contributed by atoms with Crippen molar-refractivity contribution < 1.29 is 14.2 Å². The van der Waals surface area contributed by atoms with Gasteiger partial charge in [0.25, 0.3) is 0 Å². The van der Waals surface area contributed by atoms with Gasteiger partial charge in [0.15, 0.2) is 0 Å². The molecule has 1 rings (SSSR count). The predicted octanol–water partition coefficient (Wildman–Crippen LogP) is 1.81. The van der Waals surface area contributed by atoms with E-state index in [1.54, 1.807) is 7.11 Å². The van der Waals surface area contributed by atoms with Gasteiger partial charge in [-0.2, -0.15) is 0 Å². The molecule has 0 bridgehead atoms. The molecule has 18 heavy (non-hydrogen) atoms. The van der Waals surface area contributed by atoms with Crippen molar-refractivity contribution in [1.82, 2.24) is 5.32 Å². The molecule has 1 saturated carbocycles. The Hall–Kier alpha value is 0.130. The molecule has 1 aliphatic rings. The Morgan fingerprint density at radius 3 is 2.22 bits per heavy atom. The summed E-state index contributed by atoms with van der Waals surface area (Å²) in [4.78, 5) is 0. The Kier molecular flexibility index (Phi) is 8.98. The number of hydrogen-bond acceptors (Lipinski definition) is 4. The standard InChI is InChI=1S/C13H26ClNO3/c1-16-8-9-18-11-10-17-7-6-15-13(12-14)4-2-3-5-13/h15H,2-12H2,1H3. The fourth-order valence-corrected chi connectivity index (χ4v) is 2.62. The summed E-state index contributed by atoms with van der Waals surface area (Å²) in [5.74, 6) is 0.702. The van der Waals surface area contributed by atoms with E-state index in [0.717, 1.165) is 6.54 Å². The lowest BCUT2D eigenvalue weighted by Crippen LogP contribution is -2.46. The number of rotatable bonds is 11. The first-order chi connectivity index (χ1) is 8.83. The van der Waals surface area contributed by atoms with E-state index in [1.807, 2.05) is 0 Å². The summed E-state index contributed by atoms with van der Waals surface area (Å²) in [6.07, 6.45) is 4.95. The molecule has 5 heteroatoms. The Bertz CT molecular complexity index is 199. The molecule has 1 N–H and O–H groups in total. The van der Waals surface area contributed by atoms with E-state index in [9.17, 15) is 0 Å². The number of nitrogens with one attached hydrogen (secondary N) is 1. The zero-order chi connectivity index (χ0) is 13.1. The maximum Gasteiger partial charge on any atom is 0.0701 e. The van der Waals surface area contributed by atoms with Gasteiger partial charge in [-0.05, 0) is 12.8 Å². The van der Waals surface area contributed by atoms with Gasteiger partial charge in [0.2, 0.25) is 0 Å². The summed E-state index contributed by atoms with van der Waals surface area (Å²) in [5, 5.41) is 3.54. The average molecular weight is 280 g/mol. The minimum Gasteiger partial charge on any atom is -0.382 e. The molecule has 0 atom stereocenters. The minimum absolute atomic E-state index is 0.167. The summed E-state index contributed by atoms with van der Waals surface area (Å²) in [6.45, 7) is 4.12. The molecular weight excluding hydrogens is 254 g/mol. The molecule has 1 aliphatic carbocycles. The highest BCUT2D eigenvalue weighted by Crippen LogP contribution is 2.30. The normalized spacial score (nSPS) is 18.3. The molecule has 0 unspecified atom stereocenters. The average Bonchev–Trinajstić information content (AvgIpc) is 2.86. The highest BCUT2D eigenvalue weighted by molar-refractivity contribution is 6.18. The molecule has 0 aromatic rings. The Balaban J connectivity index is 1.89. The van der Waals surface area contributed by atoms with Crippen molar-refractivity contribution in [2.45, 2.75) is 31.2 Å². The smallest absolute Gasteiger partial charge is 0.0701 e. The highest BCUT2D eigenvalue weighted by Gasteiger charge is 2.31. The van der Waals surface area contributed by atoms with Crippen LogP contribution < -0.4 is 5.32 Å². The predicted molar refractivity (Wildman–Crippen MR) is 73.4 cm³/mol. The van der Waals surface area contributed by atoms with E-state index in [2.05, 4.69) is 5.32 Å². The van der Waals surface area contributed by atoms with Gasteiger partial charge in [-0.15, -0.1) is 11.6 Å². The molecule has 0 spiro atoms. The van der Waals surface area contributed by atoms with Crippen LogP contribution in [-0.4, -0.2) is 58.1 Å². The van der Waals surface area contributed by atoms with Gasteiger partial charge in [0, 0.05) is 25.1 Å². The molecule has 4 nitrogen and oxygen atoms in total. The summed E-state index contributed by atoms with van der Waals surface area (Å²) in [5.41, 5.74) is 0.167. The third-order valence-electron chi connectivity index (χ3n) is 3.37. The lowest BCUT2D eigenvalue weighted by molar-refractivity contribution is 0.0246. The van der Waals surface area contributed by atoms with Gasteiger partial charge in [0.05, 0.1) is 33.0 Å². The van der Waals surface area contributed by atoms with E-state index in [4.69, 9.17) is 25.8 Å². The van der Waals surface area contributed by atoms with Crippen LogP contribution in [0.2, 0.25) is 0 Å². The lowest BCUT2D eigenvalue weighted by atomic mass is 10.0. The van der Waals surface area contributed by atoms with Crippen molar-refractivity contribution in [2.75, 3.05) is 52.6 Å². The van der Waals surface area contributed by atoms with Crippen LogP contribution in [0.1, 0.15) is 25.7 Å². The van der Waals surface area contributed by atoms with Crippen LogP contribution in [0.5, 0.6) is 0 Å². The molecular formula is C13H26ClNO3. The van der Waals surface area contributed by atoms with Gasteiger partial charge in [-0.25, -0.2) is 0 Å². The number of alkyl halides is 1. The van der Waals surface area contributed by atoms with E-state index >= 15 is 0 Å². The van der Waals surface area contributed by atoms with Crippen molar-refractivity contribution in [1.29, 1.82) is 0 Å². The van der Waals surface area contributed by atoms with Crippen LogP contribution in [0.4, 0.5) is 0 Å². The molecule has 0 heterocycles. The zero-order valence-corrected chi connectivity index (χ0v) is 12.1. The van der Waals surface area contributed by atoms with Crippen LogP contribution in [0.3, 0.4) is 0 Å². The monoisotopic (exact) mass is 279 g/mol. The first kappa shape index (κ1) is 16.2.